The quantitative estimate of drug-likeness (QED) is 0.369. The second-order valence-electron chi connectivity index (χ2n) is 8.26. The monoisotopic (exact) mass is 512 g/mol. The van der Waals surface area contributed by atoms with E-state index < -0.39 is 22.0 Å². The fourth-order valence-electron chi connectivity index (χ4n) is 3.11. The van der Waals surface area contributed by atoms with Crippen molar-refractivity contribution in [2.45, 2.75) is 39.5 Å². The zero-order valence-electron chi connectivity index (χ0n) is 20.5. The van der Waals surface area contributed by atoms with Crippen molar-refractivity contribution < 1.29 is 33.0 Å². The number of carbonyl (C=O) groups excluding carboxylic acids is 1. The topological polar surface area (TPSA) is 150 Å². The summed E-state index contributed by atoms with van der Waals surface area (Å²) >= 11 is 0. The molecule has 9 nitrogen and oxygen atoms in total. The van der Waals surface area contributed by atoms with Gasteiger partial charge in [0.2, 0.25) is 0 Å². The number of sulfonamides is 1. The summed E-state index contributed by atoms with van der Waals surface area (Å²) in [7, 11) is -3.80. The van der Waals surface area contributed by atoms with E-state index in [0.717, 1.165) is 27.8 Å². The molecule has 0 atom stereocenters. The maximum absolute atomic E-state index is 12.9. The third kappa shape index (κ3) is 7.41. The molecule has 3 aromatic carbocycles. The third-order valence-electron chi connectivity index (χ3n) is 5.35. The first-order chi connectivity index (χ1) is 16.7. The molecule has 0 saturated carbocycles. The number of carboxylic acids is 2. The smallest absolute Gasteiger partial charge is 0.414 e. The molecule has 0 unspecified atom stereocenters. The second kappa shape index (κ2) is 11.5. The average molecular weight is 513 g/mol. The van der Waals surface area contributed by atoms with Crippen LogP contribution in [-0.2, 0) is 19.6 Å². The highest BCUT2D eigenvalue weighted by atomic mass is 32.2. The van der Waals surface area contributed by atoms with Crippen molar-refractivity contribution in [3.05, 3.63) is 88.0 Å². The Morgan fingerprint density at radius 3 is 1.83 bits per heavy atom. The van der Waals surface area contributed by atoms with Crippen LogP contribution in [0.4, 0.5) is 11.4 Å². The Bertz CT molecular complexity index is 1420. The number of anilines is 2. The molecule has 0 aromatic heterocycles. The highest BCUT2D eigenvalue weighted by Crippen LogP contribution is 2.25. The van der Waals surface area contributed by atoms with Crippen LogP contribution in [-0.4, -0.2) is 36.5 Å². The van der Waals surface area contributed by atoms with Gasteiger partial charge in [0.1, 0.15) is 0 Å². The summed E-state index contributed by atoms with van der Waals surface area (Å²) in [5.74, 6) is -3.93. The highest BCUT2D eigenvalue weighted by molar-refractivity contribution is 7.92. The molecule has 3 aromatic rings. The minimum absolute atomic E-state index is 0.0865. The fourth-order valence-corrected chi connectivity index (χ4v) is 4.27. The maximum Gasteiger partial charge on any atom is 0.414 e. The van der Waals surface area contributed by atoms with Crippen molar-refractivity contribution in [1.82, 2.24) is 0 Å². The van der Waals surface area contributed by atoms with Crippen LogP contribution in [0.25, 0.3) is 0 Å². The molecule has 190 valence electrons. The molecule has 0 bridgehead atoms. The van der Waals surface area contributed by atoms with Gasteiger partial charge in [0.15, 0.2) is 0 Å². The minimum atomic E-state index is -3.80. The summed E-state index contributed by atoms with van der Waals surface area (Å²) < 4.78 is 28.5. The van der Waals surface area contributed by atoms with Crippen LogP contribution in [0.5, 0.6) is 0 Å². The molecule has 0 spiro atoms. The minimum Gasteiger partial charge on any atom is -0.473 e. The van der Waals surface area contributed by atoms with E-state index in [1.807, 2.05) is 58.9 Å². The van der Waals surface area contributed by atoms with E-state index in [9.17, 15) is 13.2 Å². The number of aliphatic carboxylic acids is 2. The number of carbonyl (C=O) groups is 3. The molecular formula is C26H28N2O7S. The van der Waals surface area contributed by atoms with Gasteiger partial charge in [-0.25, -0.2) is 18.0 Å². The molecule has 36 heavy (non-hydrogen) atoms. The first-order valence-electron chi connectivity index (χ1n) is 10.8. The van der Waals surface area contributed by atoms with Crippen molar-refractivity contribution in [3.8, 4) is 0 Å². The largest absolute Gasteiger partial charge is 0.473 e. The number of hydrogen-bond acceptors (Lipinski definition) is 5. The Hall–Kier alpha value is -4.18. The number of benzene rings is 3. The van der Waals surface area contributed by atoms with Gasteiger partial charge >= 0.3 is 11.9 Å². The first-order valence-corrected chi connectivity index (χ1v) is 12.2. The van der Waals surface area contributed by atoms with Gasteiger partial charge in [-0.3, -0.25) is 9.52 Å². The van der Waals surface area contributed by atoms with Crippen LogP contribution < -0.4 is 10.0 Å². The van der Waals surface area contributed by atoms with Crippen molar-refractivity contribution >= 4 is 39.2 Å². The van der Waals surface area contributed by atoms with Crippen LogP contribution in [0.15, 0.2) is 59.5 Å². The van der Waals surface area contributed by atoms with Gasteiger partial charge < -0.3 is 15.5 Å². The predicted molar refractivity (Wildman–Crippen MR) is 137 cm³/mol. The van der Waals surface area contributed by atoms with Gasteiger partial charge in [0.05, 0.1) is 10.6 Å². The molecule has 0 radical (unpaired) electrons. The molecule has 0 aliphatic heterocycles. The lowest BCUT2D eigenvalue weighted by Gasteiger charge is -2.14. The fraction of sp³-hybridized carbons (Fsp3) is 0.192. The van der Waals surface area contributed by atoms with Crippen molar-refractivity contribution in [2.75, 3.05) is 10.0 Å². The molecule has 0 heterocycles. The standard InChI is InChI=1S/C24H26N2O3S.C2H2O4/c1-15-6-11-22(19(5)12-15)26-30(28,29)21-10-8-17(3)23(14-21)25-24(27)20-9-7-16(2)18(4)13-20;3-1(4)2(5)6/h6-14,26H,1-5H3,(H,25,27);(H,3,4)(H,5,6). The second-order valence-corrected chi connectivity index (χ2v) is 9.95. The van der Waals surface area contributed by atoms with Gasteiger partial charge in [0, 0.05) is 11.3 Å². The molecule has 0 fully saturated rings. The first kappa shape index (κ1) is 28.1. The number of aryl methyl sites for hydroxylation is 5. The van der Waals surface area contributed by atoms with Gasteiger partial charge in [-0.2, -0.15) is 0 Å². The molecule has 0 aliphatic rings. The number of hydrogen-bond donors (Lipinski definition) is 4. The van der Waals surface area contributed by atoms with E-state index in [1.165, 1.54) is 12.1 Å². The lowest BCUT2D eigenvalue weighted by molar-refractivity contribution is -0.159. The van der Waals surface area contributed by atoms with E-state index in [1.54, 1.807) is 18.2 Å². The Morgan fingerprint density at radius 1 is 0.667 bits per heavy atom. The van der Waals surface area contributed by atoms with Gasteiger partial charge in [-0.15, -0.1) is 0 Å². The van der Waals surface area contributed by atoms with E-state index in [-0.39, 0.29) is 10.8 Å². The number of nitrogens with one attached hydrogen (secondary N) is 2. The summed E-state index contributed by atoms with van der Waals surface area (Å²) in [5.41, 5.74) is 6.32. The van der Waals surface area contributed by atoms with Gasteiger partial charge in [0.25, 0.3) is 15.9 Å². The lowest BCUT2D eigenvalue weighted by atomic mass is 10.1. The lowest BCUT2D eigenvalue weighted by Crippen LogP contribution is -2.16. The van der Waals surface area contributed by atoms with Crippen molar-refractivity contribution in [2.24, 2.45) is 0 Å². The van der Waals surface area contributed by atoms with Crippen molar-refractivity contribution in [3.63, 3.8) is 0 Å². The highest BCUT2D eigenvalue weighted by Gasteiger charge is 2.18. The molecule has 10 heteroatoms. The SMILES string of the molecule is Cc1ccc(NS(=O)(=O)c2ccc(C)c(NC(=O)c3ccc(C)c(C)c3)c2)c(C)c1.O=C(O)C(=O)O. The summed E-state index contributed by atoms with van der Waals surface area (Å²) in [6.45, 7) is 9.57. The van der Waals surface area contributed by atoms with Crippen LogP contribution in [0.2, 0.25) is 0 Å². The Balaban J connectivity index is 0.000000678. The summed E-state index contributed by atoms with van der Waals surface area (Å²) in [5, 5.41) is 17.6. The molecule has 1 amide bonds. The average Bonchev–Trinajstić information content (AvgIpc) is 2.79. The van der Waals surface area contributed by atoms with Crippen LogP contribution >= 0.6 is 0 Å². The molecular weight excluding hydrogens is 484 g/mol. The van der Waals surface area contributed by atoms with E-state index in [0.29, 0.717) is 16.9 Å². The van der Waals surface area contributed by atoms with Crippen LogP contribution in [0, 0.1) is 34.6 Å². The Morgan fingerprint density at radius 2 is 1.28 bits per heavy atom. The van der Waals surface area contributed by atoms with Gasteiger partial charge in [-0.1, -0.05) is 29.8 Å². The van der Waals surface area contributed by atoms with E-state index >= 15 is 0 Å². The Kier molecular flexibility index (Phi) is 8.96. The van der Waals surface area contributed by atoms with Gasteiger partial charge in [-0.05, 0) is 87.2 Å². The molecule has 3 rings (SSSR count). The summed E-state index contributed by atoms with van der Waals surface area (Å²) in [6.07, 6.45) is 0. The number of carboxylic acid groups (broad SMARTS) is 2. The van der Waals surface area contributed by atoms with E-state index in [2.05, 4.69) is 10.0 Å². The normalized spacial score (nSPS) is 10.6. The summed E-state index contributed by atoms with van der Waals surface area (Å²) in [4.78, 5) is 31.0. The number of rotatable bonds is 5. The number of amides is 1. The summed E-state index contributed by atoms with van der Waals surface area (Å²) in [6, 6.07) is 15.7. The van der Waals surface area contributed by atoms with Crippen molar-refractivity contribution in [1.29, 1.82) is 0 Å². The Labute approximate surface area is 209 Å². The zero-order chi connectivity index (χ0) is 27.2. The maximum atomic E-state index is 12.9. The molecule has 0 aliphatic carbocycles. The molecule has 0 saturated heterocycles. The molecule has 4 N–H and O–H groups in total. The predicted octanol–water partition coefficient (Wildman–Crippen LogP) is 4.44. The van der Waals surface area contributed by atoms with Crippen LogP contribution in [0.3, 0.4) is 0 Å². The third-order valence-corrected chi connectivity index (χ3v) is 6.71. The zero-order valence-corrected chi connectivity index (χ0v) is 21.4. The van der Waals surface area contributed by atoms with E-state index in [4.69, 9.17) is 19.8 Å². The van der Waals surface area contributed by atoms with Crippen LogP contribution in [0.1, 0.15) is 38.2 Å².